The van der Waals surface area contributed by atoms with Gasteiger partial charge in [0.25, 0.3) is 0 Å². The Morgan fingerprint density at radius 3 is 1.83 bits per heavy atom. The second kappa shape index (κ2) is 1.32. The topological polar surface area (TPSA) is 26.0 Å². The Balaban J connectivity index is 3.55. The minimum atomic E-state index is -0.542. The summed E-state index contributed by atoms with van der Waals surface area (Å²) in [5.74, 6) is 2.13. The van der Waals surface area contributed by atoms with Gasteiger partial charge >= 0.3 is 0 Å². The van der Waals surface area contributed by atoms with Crippen molar-refractivity contribution in [3.63, 3.8) is 0 Å². The molecular formula is C5H8N. The SMILES string of the molecule is [C]#CC(C)(C)N. The summed E-state index contributed by atoms with van der Waals surface area (Å²) in [6, 6.07) is 0. The summed E-state index contributed by atoms with van der Waals surface area (Å²) in [6.07, 6.45) is 6.48. The summed E-state index contributed by atoms with van der Waals surface area (Å²) < 4.78 is 0. The van der Waals surface area contributed by atoms with Crippen LogP contribution < -0.4 is 5.73 Å². The monoisotopic (exact) mass is 82.1 g/mol. The minimum Gasteiger partial charge on any atom is -0.316 e. The zero-order valence-corrected chi connectivity index (χ0v) is 4.08. The van der Waals surface area contributed by atoms with Crippen molar-refractivity contribution in [2.75, 3.05) is 0 Å². The van der Waals surface area contributed by atoms with Gasteiger partial charge in [-0.1, -0.05) is 5.92 Å². The molecule has 0 aromatic rings. The first-order chi connectivity index (χ1) is 2.56. The fourth-order valence-electron chi connectivity index (χ4n) is 0. The van der Waals surface area contributed by atoms with Crippen molar-refractivity contribution in [3.05, 3.63) is 6.42 Å². The van der Waals surface area contributed by atoms with Crippen molar-refractivity contribution in [1.29, 1.82) is 0 Å². The third-order valence-electron chi connectivity index (χ3n) is 0.322. The summed E-state index contributed by atoms with van der Waals surface area (Å²) in [4.78, 5) is 0. The fourth-order valence-corrected chi connectivity index (χ4v) is 0. The molecule has 1 heteroatoms. The van der Waals surface area contributed by atoms with Crippen molar-refractivity contribution < 1.29 is 0 Å². The Hall–Kier alpha value is -0.480. The van der Waals surface area contributed by atoms with E-state index in [9.17, 15) is 0 Å². The van der Waals surface area contributed by atoms with E-state index in [4.69, 9.17) is 12.2 Å². The van der Waals surface area contributed by atoms with Crippen LogP contribution in [-0.2, 0) is 0 Å². The van der Waals surface area contributed by atoms with Gasteiger partial charge in [0.05, 0.1) is 5.54 Å². The lowest BCUT2D eigenvalue weighted by molar-refractivity contribution is 0.680. The first-order valence-electron chi connectivity index (χ1n) is 1.79. The smallest absolute Gasteiger partial charge is 0.0729 e. The predicted octanol–water partition coefficient (Wildman–Crippen LogP) is 0.313. The molecule has 1 nitrogen and oxygen atoms in total. The highest BCUT2D eigenvalue weighted by Gasteiger charge is 2.01. The number of nitrogens with two attached hydrogens (primary N) is 1. The largest absolute Gasteiger partial charge is 0.316 e. The van der Waals surface area contributed by atoms with E-state index < -0.39 is 5.54 Å². The van der Waals surface area contributed by atoms with Gasteiger partial charge in [0, 0.05) is 0 Å². The fraction of sp³-hybridized carbons (Fsp3) is 0.600. The van der Waals surface area contributed by atoms with Gasteiger partial charge in [-0.25, -0.2) is 0 Å². The average molecular weight is 82.1 g/mol. The van der Waals surface area contributed by atoms with Gasteiger partial charge in [-0.05, 0) is 20.3 Å². The lowest BCUT2D eigenvalue weighted by Gasteiger charge is -2.05. The maximum absolute atomic E-state index is 6.48. The third kappa shape index (κ3) is 3.52. The minimum absolute atomic E-state index is 0.542. The van der Waals surface area contributed by atoms with Crippen molar-refractivity contribution in [2.45, 2.75) is 19.4 Å². The highest BCUT2D eigenvalue weighted by atomic mass is 14.7. The van der Waals surface area contributed by atoms with E-state index in [1.165, 1.54) is 0 Å². The molecule has 0 fully saturated rings. The van der Waals surface area contributed by atoms with E-state index in [-0.39, 0.29) is 0 Å². The van der Waals surface area contributed by atoms with E-state index in [1.807, 2.05) is 0 Å². The molecule has 0 saturated heterocycles. The highest BCUT2D eigenvalue weighted by Crippen LogP contribution is 1.88. The molecule has 33 valence electrons. The van der Waals surface area contributed by atoms with Crippen molar-refractivity contribution in [2.24, 2.45) is 5.73 Å². The van der Waals surface area contributed by atoms with Crippen LogP contribution in [0.25, 0.3) is 0 Å². The van der Waals surface area contributed by atoms with Gasteiger partial charge in [0.2, 0.25) is 0 Å². The normalized spacial score (nSPS) is 10.3. The van der Waals surface area contributed by atoms with Crippen LogP contribution in [0, 0.1) is 12.3 Å². The summed E-state index contributed by atoms with van der Waals surface area (Å²) in [6.45, 7) is 3.44. The van der Waals surface area contributed by atoms with Gasteiger partial charge in [0.15, 0.2) is 0 Å². The molecule has 0 unspecified atom stereocenters. The van der Waals surface area contributed by atoms with E-state index in [0.29, 0.717) is 0 Å². The second-order valence-electron chi connectivity index (χ2n) is 1.85. The Kier molecular flexibility index (Phi) is 1.21. The van der Waals surface area contributed by atoms with Gasteiger partial charge in [0.1, 0.15) is 0 Å². The van der Waals surface area contributed by atoms with E-state index >= 15 is 0 Å². The molecule has 0 aromatic heterocycles. The molecule has 0 aromatic carbocycles. The molecule has 0 rings (SSSR count). The van der Waals surface area contributed by atoms with Gasteiger partial charge in [-0.15, -0.1) is 0 Å². The predicted molar refractivity (Wildman–Crippen MR) is 25.4 cm³/mol. The molecular weight excluding hydrogens is 74.1 g/mol. The summed E-state index contributed by atoms with van der Waals surface area (Å²) >= 11 is 0. The molecule has 0 saturated carbocycles. The van der Waals surface area contributed by atoms with Crippen molar-refractivity contribution in [1.82, 2.24) is 0 Å². The standard InChI is InChI=1S/C5H8N/c1-4-5(2,3)6/h6H2,2-3H3. The van der Waals surface area contributed by atoms with Crippen LogP contribution in [0.15, 0.2) is 0 Å². The van der Waals surface area contributed by atoms with Gasteiger partial charge in [-0.3, -0.25) is 0 Å². The number of hydrogen-bond acceptors (Lipinski definition) is 1. The Bertz CT molecular complexity index is 70.9. The first-order valence-corrected chi connectivity index (χ1v) is 1.79. The summed E-state index contributed by atoms with van der Waals surface area (Å²) in [5, 5.41) is 0. The maximum Gasteiger partial charge on any atom is 0.0729 e. The van der Waals surface area contributed by atoms with Crippen LogP contribution in [0.4, 0.5) is 0 Å². The Morgan fingerprint density at radius 2 is 1.83 bits per heavy atom. The molecule has 0 atom stereocenters. The van der Waals surface area contributed by atoms with Crippen LogP contribution in [0.1, 0.15) is 13.8 Å². The Labute approximate surface area is 38.5 Å². The molecule has 0 aliphatic carbocycles. The first kappa shape index (κ1) is 5.52. The number of rotatable bonds is 0. The van der Waals surface area contributed by atoms with Crippen LogP contribution in [0.5, 0.6) is 0 Å². The molecule has 0 spiro atoms. The van der Waals surface area contributed by atoms with Crippen LogP contribution >= 0.6 is 0 Å². The Morgan fingerprint density at radius 1 is 1.67 bits per heavy atom. The van der Waals surface area contributed by atoms with Crippen LogP contribution in [0.3, 0.4) is 0 Å². The van der Waals surface area contributed by atoms with Crippen molar-refractivity contribution in [3.8, 4) is 5.92 Å². The molecule has 0 heterocycles. The molecule has 0 amide bonds. The molecule has 2 N–H and O–H groups in total. The molecule has 6 heavy (non-hydrogen) atoms. The van der Waals surface area contributed by atoms with Crippen LogP contribution in [-0.4, -0.2) is 5.54 Å². The van der Waals surface area contributed by atoms with E-state index in [2.05, 4.69) is 5.92 Å². The lowest BCUT2D eigenvalue weighted by atomic mass is 10.1. The quantitative estimate of drug-likeness (QED) is 0.418. The zero-order chi connectivity index (χ0) is 5.21. The molecule has 0 aliphatic rings. The zero-order valence-electron chi connectivity index (χ0n) is 4.08. The van der Waals surface area contributed by atoms with Gasteiger partial charge in [-0.2, -0.15) is 0 Å². The molecule has 0 bridgehead atoms. The lowest BCUT2D eigenvalue weighted by Crippen LogP contribution is -2.28. The third-order valence-corrected chi connectivity index (χ3v) is 0.322. The van der Waals surface area contributed by atoms with E-state index in [0.717, 1.165) is 0 Å². The van der Waals surface area contributed by atoms with E-state index in [1.54, 1.807) is 13.8 Å². The second-order valence-corrected chi connectivity index (χ2v) is 1.85. The average Bonchev–Trinajstić information content (AvgIpc) is 1.35. The molecule has 0 aliphatic heterocycles. The van der Waals surface area contributed by atoms with Gasteiger partial charge < -0.3 is 5.73 Å². The summed E-state index contributed by atoms with van der Waals surface area (Å²) in [5.41, 5.74) is 4.69. The summed E-state index contributed by atoms with van der Waals surface area (Å²) in [7, 11) is 0. The number of hydrogen-bond donors (Lipinski definition) is 1. The van der Waals surface area contributed by atoms with Crippen molar-refractivity contribution >= 4 is 0 Å². The molecule has 1 radical (unpaired) electrons. The van der Waals surface area contributed by atoms with Crippen LogP contribution in [0.2, 0.25) is 0 Å². The maximum atomic E-state index is 6.48. The highest BCUT2D eigenvalue weighted by molar-refractivity contribution is 5.00.